The van der Waals surface area contributed by atoms with Crippen molar-refractivity contribution in [3.63, 3.8) is 0 Å². The predicted octanol–water partition coefficient (Wildman–Crippen LogP) is 2.14. The summed E-state index contributed by atoms with van der Waals surface area (Å²) in [7, 11) is 0. The minimum absolute atomic E-state index is 0.0838. The second-order valence-corrected chi connectivity index (χ2v) is 5.65. The molecule has 3 N–H and O–H groups in total. The van der Waals surface area contributed by atoms with Gasteiger partial charge in [0, 0.05) is 12.6 Å². The van der Waals surface area contributed by atoms with Crippen molar-refractivity contribution in [1.29, 1.82) is 0 Å². The number of hydrogen-bond donors (Lipinski definition) is 3. The quantitative estimate of drug-likeness (QED) is 0.659. The van der Waals surface area contributed by atoms with Crippen molar-refractivity contribution in [2.24, 2.45) is 5.41 Å². The minimum atomic E-state index is -0.917. The van der Waals surface area contributed by atoms with Crippen LogP contribution in [0.4, 0.5) is 4.79 Å². The van der Waals surface area contributed by atoms with E-state index in [0.29, 0.717) is 6.54 Å². The third-order valence-corrected chi connectivity index (χ3v) is 2.50. The molecule has 0 rings (SSSR count). The maximum Gasteiger partial charge on any atom is 0.315 e. The summed E-state index contributed by atoms with van der Waals surface area (Å²) < 4.78 is 0. The topological polar surface area (TPSA) is 78.4 Å². The molecule has 2 amide bonds. The fraction of sp³-hybridized carbons (Fsp3) is 0.692. The Bertz CT molecular complexity index is 326. The molecule has 104 valence electrons. The van der Waals surface area contributed by atoms with Crippen LogP contribution in [-0.4, -0.2) is 29.7 Å². The Morgan fingerprint density at radius 1 is 1.28 bits per heavy atom. The van der Waals surface area contributed by atoms with E-state index < -0.39 is 12.0 Å². The van der Waals surface area contributed by atoms with Gasteiger partial charge in [-0.05, 0) is 19.3 Å². The van der Waals surface area contributed by atoms with Crippen LogP contribution in [0.5, 0.6) is 0 Å². The lowest BCUT2D eigenvalue weighted by Crippen LogP contribution is -2.49. The fourth-order valence-electron chi connectivity index (χ4n) is 1.31. The summed E-state index contributed by atoms with van der Waals surface area (Å²) in [5.74, 6) is -0.917. The number of allylic oxidation sites excluding steroid dienone is 1. The molecule has 1 unspecified atom stereocenters. The Morgan fingerprint density at radius 3 is 2.22 bits per heavy atom. The van der Waals surface area contributed by atoms with E-state index in [1.807, 2.05) is 40.7 Å². The molecule has 5 nitrogen and oxygen atoms in total. The lowest BCUT2D eigenvalue weighted by atomic mass is 9.85. The molecule has 0 saturated heterocycles. The summed E-state index contributed by atoms with van der Waals surface area (Å²) in [6.07, 6.45) is 1.81. The van der Waals surface area contributed by atoms with Crippen LogP contribution in [0.2, 0.25) is 0 Å². The molecule has 5 heteroatoms. The molecule has 0 bridgehead atoms. The Labute approximate surface area is 109 Å². The molecule has 0 heterocycles. The predicted molar refractivity (Wildman–Crippen MR) is 71.5 cm³/mol. The molecule has 1 atom stereocenters. The van der Waals surface area contributed by atoms with Crippen LogP contribution in [-0.2, 0) is 4.79 Å². The number of carbonyl (C=O) groups excluding carboxylic acids is 1. The summed E-state index contributed by atoms with van der Waals surface area (Å²) in [5, 5.41) is 14.2. The van der Waals surface area contributed by atoms with Crippen LogP contribution >= 0.6 is 0 Å². The number of carbonyl (C=O) groups is 2. The Balaban J connectivity index is 4.36. The average molecular weight is 256 g/mol. The molecule has 0 aliphatic rings. The van der Waals surface area contributed by atoms with Gasteiger partial charge in [0.05, 0.1) is 6.42 Å². The highest BCUT2D eigenvalue weighted by Gasteiger charge is 2.28. The fourth-order valence-corrected chi connectivity index (χ4v) is 1.31. The van der Waals surface area contributed by atoms with Crippen molar-refractivity contribution >= 4 is 12.0 Å². The van der Waals surface area contributed by atoms with Crippen molar-refractivity contribution in [3.05, 3.63) is 11.6 Å². The van der Waals surface area contributed by atoms with Gasteiger partial charge in [-0.2, -0.15) is 0 Å². The van der Waals surface area contributed by atoms with Gasteiger partial charge < -0.3 is 15.7 Å². The number of nitrogens with one attached hydrogen (secondary N) is 2. The first kappa shape index (κ1) is 16.5. The standard InChI is InChI=1S/C13H24N2O3/c1-9(2)6-7-14-12(18)15-10(8-11(16)17)13(3,4)5/h6,10H,7-8H2,1-5H3,(H,16,17)(H2,14,15,18). The Morgan fingerprint density at radius 2 is 1.83 bits per heavy atom. The number of urea groups is 1. The first-order valence-corrected chi connectivity index (χ1v) is 6.02. The van der Waals surface area contributed by atoms with Gasteiger partial charge in [-0.25, -0.2) is 4.79 Å². The molecular formula is C13H24N2O3. The van der Waals surface area contributed by atoms with Gasteiger partial charge in [0.1, 0.15) is 0 Å². The van der Waals surface area contributed by atoms with Gasteiger partial charge in [0.2, 0.25) is 0 Å². The SMILES string of the molecule is CC(C)=CCNC(=O)NC(CC(=O)O)C(C)(C)C. The highest BCUT2D eigenvalue weighted by Crippen LogP contribution is 2.21. The molecule has 0 aliphatic heterocycles. The number of aliphatic carboxylic acids is 1. The van der Waals surface area contributed by atoms with Gasteiger partial charge in [0.25, 0.3) is 0 Å². The highest BCUT2D eigenvalue weighted by molar-refractivity contribution is 5.76. The number of amides is 2. The van der Waals surface area contributed by atoms with Crippen molar-refractivity contribution < 1.29 is 14.7 Å². The molecule has 0 fully saturated rings. The molecule has 18 heavy (non-hydrogen) atoms. The van der Waals surface area contributed by atoms with Crippen LogP contribution in [0.25, 0.3) is 0 Å². The van der Waals surface area contributed by atoms with Crippen LogP contribution in [0, 0.1) is 5.41 Å². The van der Waals surface area contributed by atoms with Gasteiger partial charge in [0.15, 0.2) is 0 Å². The zero-order valence-corrected chi connectivity index (χ0v) is 11.8. The normalized spacial score (nSPS) is 12.5. The van der Waals surface area contributed by atoms with Gasteiger partial charge in [-0.1, -0.05) is 32.4 Å². The molecule has 0 aromatic carbocycles. The first-order chi connectivity index (χ1) is 8.12. The van der Waals surface area contributed by atoms with E-state index >= 15 is 0 Å². The van der Waals surface area contributed by atoms with Crippen molar-refractivity contribution in [1.82, 2.24) is 10.6 Å². The third kappa shape index (κ3) is 7.70. The van der Waals surface area contributed by atoms with E-state index in [1.54, 1.807) is 0 Å². The van der Waals surface area contributed by atoms with E-state index in [2.05, 4.69) is 10.6 Å². The van der Waals surface area contributed by atoms with Gasteiger partial charge >= 0.3 is 12.0 Å². The van der Waals surface area contributed by atoms with Gasteiger partial charge in [-0.15, -0.1) is 0 Å². The van der Waals surface area contributed by atoms with E-state index in [1.165, 1.54) is 0 Å². The number of hydrogen-bond acceptors (Lipinski definition) is 2. The lowest BCUT2D eigenvalue weighted by Gasteiger charge is -2.30. The van der Waals surface area contributed by atoms with E-state index in [0.717, 1.165) is 5.57 Å². The van der Waals surface area contributed by atoms with Crippen LogP contribution in [0.3, 0.4) is 0 Å². The monoisotopic (exact) mass is 256 g/mol. The second-order valence-electron chi connectivity index (χ2n) is 5.65. The zero-order chi connectivity index (χ0) is 14.3. The molecule has 0 spiro atoms. The molecule has 0 aromatic heterocycles. The summed E-state index contributed by atoms with van der Waals surface area (Å²) in [5.41, 5.74) is 0.819. The molecular weight excluding hydrogens is 232 g/mol. The average Bonchev–Trinajstić information content (AvgIpc) is 2.13. The van der Waals surface area contributed by atoms with E-state index in [4.69, 9.17) is 5.11 Å². The van der Waals surface area contributed by atoms with Crippen LogP contribution in [0.15, 0.2) is 11.6 Å². The molecule has 0 aliphatic carbocycles. The summed E-state index contributed by atoms with van der Waals surface area (Å²) in [6.45, 7) is 10.0. The maximum atomic E-state index is 11.6. The van der Waals surface area contributed by atoms with E-state index in [-0.39, 0.29) is 17.9 Å². The first-order valence-electron chi connectivity index (χ1n) is 6.02. The molecule has 0 saturated carbocycles. The Kier molecular flexibility index (Phi) is 6.44. The highest BCUT2D eigenvalue weighted by atomic mass is 16.4. The van der Waals surface area contributed by atoms with Crippen molar-refractivity contribution in [3.8, 4) is 0 Å². The van der Waals surface area contributed by atoms with E-state index in [9.17, 15) is 9.59 Å². The summed E-state index contributed by atoms with van der Waals surface area (Å²) in [6, 6.07) is -0.740. The summed E-state index contributed by atoms with van der Waals surface area (Å²) in [4.78, 5) is 22.4. The number of rotatable bonds is 5. The minimum Gasteiger partial charge on any atom is -0.481 e. The summed E-state index contributed by atoms with van der Waals surface area (Å²) >= 11 is 0. The third-order valence-electron chi connectivity index (χ3n) is 2.50. The molecule has 0 aromatic rings. The smallest absolute Gasteiger partial charge is 0.315 e. The van der Waals surface area contributed by atoms with Crippen molar-refractivity contribution in [2.45, 2.75) is 47.1 Å². The lowest BCUT2D eigenvalue weighted by molar-refractivity contribution is -0.138. The molecule has 0 radical (unpaired) electrons. The van der Waals surface area contributed by atoms with Crippen LogP contribution in [0.1, 0.15) is 41.0 Å². The maximum absolute atomic E-state index is 11.6. The number of carboxylic acids is 1. The Hall–Kier alpha value is -1.52. The second kappa shape index (κ2) is 7.03. The van der Waals surface area contributed by atoms with Gasteiger partial charge in [-0.3, -0.25) is 4.79 Å². The zero-order valence-electron chi connectivity index (χ0n) is 11.8. The number of carboxylic acid groups (broad SMARTS) is 1. The van der Waals surface area contributed by atoms with Crippen molar-refractivity contribution in [2.75, 3.05) is 6.54 Å². The van der Waals surface area contributed by atoms with Crippen LogP contribution < -0.4 is 10.6 Å². The largest absolute Gasteiger partial charge is 0.481 e.